The number of para-hydroxylation sites is 1. The smallest absolute Gasteiger partial charge is 0.312 e. The van der Waals surface area contributed by atoms with Gasteiger partial charge in [-0.2, -0.15) is 0 Å². The number of nitrogens with one attached hydrogen (secondary N) is 1. The summed E-state index contributed by atoms with van der Waals surface area (Å²) in [5, 5.41) is 2.81. The van der Waals surface area contributed by atoms with Crippen molar-refractivity contribution in [1.82, 2.24) is 5.32 Å². The molecule has 3 rings (SSSR count). The van der Waals surface area contributed by atoms with Crippen LogP contribution in [-0.2, 0) is 31.1 Å². The molecule has 2 aromatic carbocycles. The van der Waals surface area contributed by atoms with E-state index in [4.69, 9.17) is 4.74 Å². The average Bonchev–Trinajstić information content (AvgIpc) is 2.85. The van der Waals surface area contributed by atoms with E-state index in [9.17, 15) is 14.4 Å². The summed E-state index contributed by atoms with van der Waals surface area (Å²) >= 11 is 0. The summed E-state index contributed by atoms with van der Waals surface area (Å²) in [5.41, 5.74) is 0.0875. The Bertz CT molecular complexity index is 960. The molecule has 6 heteroatoms. The van der Waals surface area contributed by atoms with Crippen LogP contribution >= 0.6 is 0 Å². The zero-order valence-corrected chi connectivity index (χ0v) is 17.4. The third kappa shape index (κ3) is 3.88. The first-order valence-corrected chi connectivity index (χ1v) is 9.52. The van der Waals surface area contributed by atoms with Crippen molar-refractivity contribution in [3.05, 3.63) is 65.2 Å². The number of benzene rings is 2. The van der Waals surface area contributed by atoms with Crippen molar-refractivity contribution >= 4 is 23.5 Å². The minimum atomic E-state index is -2.04. The Morgan fingerprint density at radius 1 is 1.07 bits per heavy atom. The number of fused-ring (bicyclic) bond motifs is 1. The number of likely N-dealkylation sites (N-methyl/N-ethyl adjacent to an activating group) is 1. The highest BCUT2D eigenvalue weighted by Gasteiger charge is 2.59. The lowest BCUT2D eigenvalue weighted by molar-refractivity contribution is -0.174. The normalized spacial score (nSPS) is 18.4. The van der Waals surface area contributed by atoms with E-state index in [1.807, 2.05) is 52.0 Å². The number of ether oxygens (including phenoxy) is 1. The van der Waals surface area contributed by atoms with E-state index in [1.165, 1.54) is 4.90 Å². The Morgan fingerprint density at radius 3 is 2.31 bits per heavy atom. The Hall–Kier alpha value is -3.15. The molecule has 0 spiro atoms. The molecular formula is C23H26N2O4. The Morgan fingerprint density at radius 2 is 1.69 bits per heavy atom. The number of carbonyl (C=O) groups is 3. The summed E-state index contributed by atoms with van der Waals surface area (Å²) in [4.78, 5) is 40.7. The van der Waals surface area contributed by atoms with Crippen LogP contribution in [0.1, 0.15) is 37.5 Å². The molecular weight excluding hydrogens is 368 g/mol. The van der Waals surface area contributed by atoms with E-state index in [1.54, 1.807) is 31.3 Å². The first-order valence-electron chi connectivity index (χ1n) is 9.52. The van der Waals surface area contributed by atoms with Gasteiger partial charge >= 0.3 is 5.97 Å². The van der Waals surface area contributed by atoms with Crippen molar-refractivity contribution in [3.63, 3.8) is 0 Å². The van der Waals surface area contributed by atoms with Gasteiger partial charge < -0.3 is 15.0 Å². The van der Waals surface area contributed by atoms with Gasteiger partial charge in [0.1, 0.15) is 0 Å². The summed E-state index contributed by atoms with van der Waals surface area (Å²) < 4.78 is 5.71. The molecule has 1 unspecified atom stereocenters. The van der Waals surface area contributed by atoms with Gasteiger partial charge in [-0.05, 0) is 39.3 Å². The van der Waals surface area contributed by atoms with E-state index < -0.39 is 28.9 Å². The highest BCUT2D eigenvalue weighted by atomic mass is 16.6. The van der Waals surface area contributed by atoms with Gasteiger partial charge in [-0.15, -0.1) is 0 Å². The van der Waals surface area contributed by atoms with Crippen LogP contribution in [0.4, 0.5) is 5.69 Å². The number of anilines is 1. The maximum absolute atomic E-state index is 13.3. The summed E-state index contributed by atoms with van der Waals surface area (Å²) in [6.07, 6.45) is -0.0377. The van der Waals surface area contributed by atoms with Gasteiger partial charge in [0.2, 0.25) is 0 Å². The lowest BCUT2D eigenvalue weighted by Crippen LogP contribution is -2.57. The number of amides is 2. The standard InChI is InChI=1S/C23H26N2O4/c1-15-10-12-16(13-11-15)14-19(26)29-23(20(27)24-22(2,3)4)17-8-6-7-9-18(17)25(5)21(23)28/h6-13H,14H2,1-5H3,(H,24,27). The van der Waals surface area contributed by atoms with Crippen molar-refractivity contribution in [2.24, 2.45) is 0 Å². The summed E-state index contributed by atoms with van der Waals surface area (Å²) in [7, 11) is 1.57. The fraction of sp³-hybridized carbons (Fsp3) is 0.348. The average molecular weight is 394 g/mol. The largest absolute Gasteiger partial charge is 0.433 e. The molecule has 0 fully saturated rings. The molecule has 0 radical (unpaired) electrons. The molecule has 0 saturated heterocycles. The van der Waals surface area contributed by atoms with Gasteiger partial charge in [-0.25, -0.2) is 0 Å². The van der Waals surface area contributed by atoms with Gasteiger partial charge in [0.05, 0.1) is 12.1 Å². The molecule has 1 N–H and O–H groups in total. The van der Waals surface area contributed by atoms with Crippen LogP contribution in [0.25, 0.3) is 0 Å². The molecule has 1 aliphatic heterocycles. The number of rotatable bonds is 4. The van der Waals surface area contributed by atoms with Gasteiger partial charge in [0, 0.05) is 18.2 Å². The van der Waals surface area contributed by atoms with Crippen LogP contribution in [0.5, 0.6) is 0 Å². The molecule has 0 aromatic heterocycles. The number of esters is 1. The summed E-state index contributed by atoms with van der Waals surface area (Å²) in [5.74, 6) is -1.88. The number of hydrogen-bond donors (Lipinski definition) is 1. The highest BCUT2D eigenvalue weighted by Crippen LogP contribution is 2.42. The molecule has 2 aromatic rings. The van der Waals surface area contributed by atoms with Crippen molar-refractivity contribution in [1.29, 1.82) is 0 Å². The Balaban J connectivity index is 2.00. The molecule has 29 heavy (non-hydrogen) atoms. The van der Waals surface area contributed by atoms with Crippen molar-refractivity contribution in [3.8, 4) is 0 Å². The Labute approximate surface area is 170 Å². The topological polar surface area (TPSA) is 75.7 Å². The van der Waals surface area contributed by atoms with E-state index in [2.05, 4.69) is 5.32 Å². The SMILES string of the molecule is Cc1ccc(CC(=O)OC2(C(=O)NC(C)(C)C)C(=O)N(C)c3ccccc32)cc1. The molecule has 0 saturated carbocycles. The first-order chi connectivity index (χ1) is 13.5. The minimum Gasteiger partial charge on any atom is -0.433 e. The van der Waals surface area contributed by atoms with Crippen molar-refractivity contribution < 1.29 is 19.1 Å². The summed E-state index contributed by atoms with van der Waals surface area (Å²) in [6.45, 7) is 7.38. The molecule has 6 nitrogen and oxygen atoms in total. The fourth-order valence-electron chi connectivity index (χ4n) is 3.40. The van der Waals surface area contributed by atoms with Crippen LogP contribution in [0.2, 0.25) is 0 Å². The fourth-order valence-corrected chi connectivity index (χ4v) is 3.40. The molecule has 1 heterocycles. The number of hydrogen-bond acceptors (Lipinski definition) is 4. The summed E-state index contributed by atoms with van der Waals surface area (Å²) in [6, 6.07) is 14.3. The number of aryl methyl sites for hydroxylation is 1. The Kier molecular flexibility index (Phi) is 5.22. The van der Waals surface area contributed by atoms with Crippen LogP contribution in [0.3, 0.4) is 0 Å². The van der Waals surface area contributed by atoms with Gasteiger partial charge in [-0.3, -0.25) is 14.4 Å². The molecule has 1 aliphatic rings. The molecule has 0 aliphatic carbocycles. The third-order valence-electron chi connectivity index (χ3n) is 4.79. The highest BCUT2D eigenvalue weighted by molar-refractivity contribution is 6.21. The molecule has 1 atom stereocenters. The second-order valence-corrected chi connectivity index (χ2v) is 8.40. The predicted octanol–water partition coefficient (Wildman–Crippen LogP) is 2.87. The third-order valence-corrected chi connectivity index (χ3v) is 4.79. The zero-order chi connectivity index (χ0) is 21.4. The lowest BCUT2D eigenvalue weighted by Gasteiger charge is -2.31. The second kappa shape index (κ2) is 7.35. The van der Waals surface area contributed by atoms with E-state index in [-0.39, 0.29) is 6.42 Å². The van der Waals surface area contributed by atoms with Gasteiger partial charge in [0.25, 0.3) is 17.4 Å². The van der Waals surface area contributed by atoms with Crippen LogP contribution in [-0.4, -0.2) is 30.4 Å². The van der Waals surface area contributed by atoms with Crippen LogP contribution in [0, 0.1) is 6.92 Å². The molecule has 0 bridgehead atoms. The minimum absolute atomic E-state index is 0.0377. The van der Waals surface area contributed by atoms with Crippen molar-refractivity contribution in [2.75, 3.05) is 11.9 Å². The second-order valence-electron chi connectivity index (χ2n) is 8.40. The van der Waals surface area contributed by atoms with Gasteiger partial charge in [-0.1, -0.05) is 48.0 Å². The number of carbonyl (C=O) groups excluding carboxylic acids is 3. The molecule has 152 valence electrons. The molecule has 2 amide bonds. The maximum atomic E-state index is 13.3. The number of nitrogens with zero attached hydrogens (tertiary/aromatic N) is 1. The van der Waals surface area contributed by atoms with E-state index in [0.29, 0.717) is 11.3 Å². The van der Waals surface area contributed by atoms with E-state index in [0.717, 1.165) is 11.1 Å². The maximum Gasteiger partial charge on any atom is 0.312 e. The predicted molar refractivity (Wildman–Crippen MR) is 110 cm³/mol. The van der Waals surface area contributed by atoms with Crippen LogP contribution in [0.15, 0.2) is 48.5 Å². The monoisotopic (exact) mass is 394 g/mol. The van der Waals surface area contributed by atoms with E-state index >= 15 is 0 Å². The lowest BCUT2D eigenvalue weighted by atomic mass is 9.92. The van der Waals surface area contributed by atoms with Crippen molar-refractivity contribution in [2.45, 2.75) is 45.3 Å². The quantitative estimate of drug-likeness (QED) is 0.639. The zero-order valence-electron chi connectivity index (χ0n) is 17.4. The first kappa shape index (κ1) is 20.6. The van der Waals surface area contributed by atoms with Crippen LogP contribution < -0.4 is 10.2 Å². The van der Waals surface area contributed by atoms with Gasteiger partial charge in [0.15, 0.2) is 0 Å².